The second-order valence-electron chi connectivity index (χ2n) is 6.43. The van der Waals surface area contributed by atoms with Crippen molar-refractivity contribution < 1.29 is 4.92 Å². The van der Waals surface area contributed by atoms with Crippen molar-refractivity contribution in [3.05, 3.63) is 32.8 Å². The van der Waals surface area contributed by atoms with Gasteiger partial charge in [-0.15, -0.1) is 0 Å². The zero-order valence-electron chi connectivity index (χ0n) is 14.2. The van der Waals surface area contributed by atoms with Gasteiger partial charge in [-0.1, -0.05) is 20.8 Å². The Kier molecular flexibility index (Phi) is 5.95. The summed E-state index contributed by atoms with van der Waals surface area (Å²) >= 11 is 3.42. The van der Waals surface area contributed by atoms with Gasteiger partial charge in [-0.3, -0.25) is 19.5 Å². The van der Waals surface area contributed by atoms with E-state index in [9.17, 15) is 10.1 Å². The summed E-state index contributed by atoms with van der Waals surface area (Å²) < 4.78 is 10.0. The largest absolute Gasteiger partial charge is 0.270 e. The fraction of sp³-hybridized carbons (Fsp3) is 0.571. The summed E-state index contributed by atoms with van der Waals surface area (Å²) in [6, 6.07) is 4.70. The van der Waals surface area contributed by atoms with Gasteiger partial charge in [-0.05, 0) is 50.2 Å². The van der Waals surface area contributed by atoms with Crippen LogP contribution in [0.2, 0.25) is 0 Å². The van der Waals surface area contributed by atoms with Gasteiger partial charge in [0.05, 0.1) is 10.6 Å². The van der Waals surface area contributed by atoms with Crippen LogP contribution in [0.3, 0.4) is 0 Å². The molecule has 0 aromatic heterocycles. The lowest BCUT2D eigenvalue weighted by Gasteiger charge is -2.45. The lowest BCUT2D eigenvalue weighted by atomic mass is 10.3. The molecule has 22 heavy (non-hydrogen) atoms. The van der Waals surface area contributed by atoms with Gasteiger partial charge in [0.1, 0.15) is 7.36 Å². The van der Waals surface area contributed by atoms with E-state index in [1.54, 1.807) is 6.07 Å². The fourth-order valence-corrected chi connectivity index (χ4v) is 7.57. The average molecular weight is 391 g/mol. The number of rotatable bonds is 4. The van der Waals surface area contributed by atoms with Crippen LogP contribution in [-0.4, -0.2) is 47.6 Å². The topological polar surface area (TPSA) is 62.0 Å². The van der Waals surface area contributed by atoms with E-state index < -0.39 is 12.3 Å². The summed E-state index contributed by atoms with van der Waals surface area (Å²) in [7, 11) is 6.10. The molecule has 0 aliphatic heterocycles. The SMILES string of the molecule is CN(C)P(=Nc1ccc([N+](=O)[O-])cc1Br)(N(C)C)C(C)(C)C. The van der Waals surface area contributed by atoms with E-state index in [1.165, 1.54) is 12.1 Å². The van der Waals surface area contributed by atoms with Crippen LogP contribution >= 0.6 is 23.3 Å². The van der Waals surface area contributed by atoms with Gasteiger partial charge in [0.2, 0.25) is 0 Å². The van der Waals surface area contributed by atoms with Crippen molar-refractivity contribution in [1.29, 1.82) is 0 Å². The highest BCUT2D eigenvalue weighted by molar-refractivity contribution is 9.10. The molecule has 0 saturated carbocycles. The van der Waals surface area contributed by atoms with Gasteiger partial charge >= 0.3 is 0 Å². The number of hydrogen-bond donors (Lipinski definition) is 0. The summed E-state index contributed by atoms with van der Waals surface area (Å²) in [5, 5.41) is 10.8. The van der Waals surface area contributed by atoms with Gasteiger partial charge in [-0.25, -0.2) is 4.74 Å². The van der Waals surface area contributed by atoms with Crippen molar-refractivity contribution in [3.63, 3.8) is 0 Å². The van der Waals surface area contributed by atoms with E-state index >= 15 is 0 Å². The highest BCUT2D eigenvalue weighted by atomic mass is 79.9. The second-order valence-corrected chi connectivity index (χ2v) is 11.6. The van der Waals surface area contributed by atoms with Gasteiger partial charge in [0.25, 0.3) is 5.69 Å². The van der Waals surface area contributed by atoms with E-state index in [4.69, 9.17) is 4.74 Å². The maximum absolute atomic E-state index is 10.9. The summed E-state index contributed by atoms with van der Waals surface area (Å²) in [5.74, 6) is 0. The third kappa shape index (κ3) is 3.59. The molecule has 0 heterocycles. The lowest BCUT2D eigenvalue weighted by molar-refractivity contribution is -0.384. The molecule has 0 aliphatic carbocycles. The molecule has 0 unspecified atom stereocenters. The van der Waals surface area contributed by atoms with Crippen LogP contribution in [0.15, 0.2) is 27.4 Å². The van der Waals surface area contributed by atoms with Gasteiger partial charge in [0.15, 0.2) is 0 Å². The molecule has 0 bridgehead atoms. The second kappa shape index (κ2) is 6.79. The Morgan fingerprint density at radius 2 is 1.68 bits per heavy atom. The van der Waals surface area contributed by atoms with Crippen molar-refractivity contribution in [3.8, 4) is 0 Å². The minimum atomic E-state index is -2.02. The maximum atomic E-state index is 10.9. The molecule has 0 amide bonds. The Balaban J connectivity index is 3.63. The molecular weight excluding hydrogens is 367 g/mol. The number of hydrogen-bond acceptors (Lipinski definition) is 3. The van der Waals surface area contributed by atoms with Crippen LogP contribution in [-0.2, 0) is 0 Å². The number of nitro benzene ring substituents is 1. The standard InChI is InChI=1S/C14H24BrN4O2P/c1-14(2,3)22(17(4)5,18(6)7)16-13-9-8-11(19(20)21)10-12(13)15/h8-10H,1-7H3. The smallest absolute Gasteiger partial charge is 0.263 e. The van der Waals surface area contributed by atoms with E-state index in [-0.39, 0.29) is 10.8 Å². The fourth-order valence-electron chi connectivity index (χ4n) is 2.73. The zero-order chi connectivity index (χ0) is 17.3. The number of halogens is 1. The van der Waals surface area contributed by atoms with E-state index in [2.05, 4.69) is 46.0 Å². The van der Waals surface area contributed by atoms with Crippen LogP contribution in [0.4, 0.5) is 11.4 Å². The first kappa shape index (κ1) is 19.3. The van der Waals surface area contributed by atoms with Gasteiger partial charge in [0, 0.05) is 21.8 Å². The molecule has 6 nitrogen and oxygen atoms in total. The molecule has 124 valence electrons. The Morgan fingerprint density at radius 1 is 1.18 bits per heavy atom. The molecule has 0 N–H and O–H groups in total. The molecule has 0 radical (unpaired) electrons. The van der Waals surface area contributed by atoms with Crippen LogP contribution in [0, 0.1) is 10.1 Å². The average Bonchev–Trinajstić information content (AvgIpc) is 2.34. The Hall–Kier alpha value is -0.750. The number of nitro groups is 1. The predicted molar refractivity (Wildman–Crippen MR) is 96.9 cm³/mol. The lowest BCUT2D eigenvalue weighted by Crippen LogP contribution is -2.33. The third-order valence-electron chi connectivity index (χ3n) is 3.40. The first-order chi connectivity index (χ1) is 9.93. The normalized spacial score (nSPS) is 12.8. The zero-order valence-corrected chi connectivity index (χ0v) is 16.6. The molecule has 0 aliphatic rings. The van der Waals surface area contributed by atoms with Crippen LogP contribution in [0.5, 0.6) is 0 Å². The number of non-ortho nitro benzene ring substituents is 1. The van der Waals surface area contributed by atoms with Crippen LogP contribution in [0.25, 0.3) is 0 Å². The van der Waals surface area contributed by atoms with E-state index in [0.29, 0.717) is 4.47 Å². The number of nitrogens with zero attached hydrogens (tertiary/aromatic N) is 4. The molecule has 0 spiro atoms. The minimum absolute atomic E-state index is 0.0558. The molecule has 1 aromatic rings. The van der Waals surface area contributed by atoms with Crippen LogP contribution < -0.4 is 0 Å². The molecule has 8 heteroatoms. The molecule has 0 saturated heterocycles. The maximum Gasteiger partial charge on any atom is 0.270 e. The molecule has 0 fully saturated rings. The molecule has 0 atom stereocenters. The van der Waals surface area contributed by atoms with Crippen molar-refractivity contribution in [2.24, 2.45) is 4.74 Å². The molecule has 1 rings (SSSR count). The number of benzene rings is 1. The van der Waals surface area contributed by atoms with E-state index in [0.717, 1.165) is 5.69 Å². The van der Waals surface area contributed by atoms with Crippen LogP contribution in [0.1, 0.15) is 20.8 Å². The van der Waals surface area contributed by atoms with Crippen molar-refractivity contribution in [2.45, 2.75) is 25.9 Å². The molecule has 1 aromatic carbocycles. The highest BCUT2D eigenvalue weighted by Crippen LogP contribution is 2.65. The first-order valence-corrected chi connectivity index (χ1v) is 9.29. The first-order valence-electron chi connectivity index (χ1n) is 6.85. The quantitative estimate of drug-likeness (QED) is 0.414. The van der Waals surface area contributed by atoms with E-state index in [1.807, 2.05) is 28.2 Å². The van der Waals surface area contributed by atoms with Gasteiger partial charge in [-0.2, -0.15) is 0 Å². The monoisotopic (exact) mass is 390 g/mol. The Morgan fingerprint density at radius 3 is 2.00 bits per heavy atom. The predicted octanol–water partition coefficient (Wildman–Crippen LogP) is 4.94. The summed E-state index contributed by atoms with van der Waals surface area (Å²) in [6.45, 7) is 6.51. The van der Waals surface area contributed by atoms with Crippen molar-refractivity contribution in [1.82, 2.24) is 9.34 Å². The van der Waals surface area contributed by atoms with Crippen molar-refractivity contribution >= 4 is 34.7 Å². The van der Waals surface area contributed by atoms with Crippen molar-refractivity contribution in [2.75, 3.05) is 28.2 Å². The summed E-state index contributed by atoms with van der Waals surface area (Å²) in [5.41, 5.74) is 0.788. The Labute approximate surface area is 140 Å². The summed E-state index contributed by atoms with van der Waals surface area (Å²) in [6.07, 6.45) is 0. The van der Waals surface area contributed by atoms with Gasteiger partial charge < -0.3 is 0 Å². The Bertz CT molecular complexity index is 612. The minimum Gasteiger partial charge on any atom is -0.263 e. The highest BCUT2D eigenvalue weighted by Gasteiger charge is 2.38. The third-order valence-corrected chi connectivity index (χ3v) is 8.57. The molecular formula is C14H24BrN4O2P. The summed E-state index contributed by atoms with van der Waals surface area (Å²) in [4.78, 5) is 10.5.